The molecule has 2 N–H and O–H groups in total. The van der Waals surface area contributed by atoms with Crippen molar-refractivity contribution in [3.05, 3.63) is 24.4 Å². The van der Waals surface area contributed by atoms with E-state index in [0.29, 0.717) is 5.70 Å². The van der Waals surface area contributed by atoms with Crippen LogP contribution in [0, 0.1) is 0 Å². The molecular formula is C7H10N2O. The van der Waals surface area contributed by atoms with Crippen LogP contribution in [0.1, 0.15) is 6.42 Å². The van der Waals surface area contributed by atoms with Gasteiger partial charge in [0.2, 0.25) is 5.91 Å². The Bertz CT molecular complexity index is 182. The van der Waals surface area contributed by atoms with Gasteiger partial charge in [-0.15, -0.1) is 0 Å². The number of nitrogens with zero attached hydrogens (tertiary/aromatic N) is 1. The van der Waals surface area contributed by atoms with Crippen molar-refractivity contribution in [2.24, 2.45) is 10.7 Å². The van der Waals surface area contributed by atoms with E-state index >= 15 is 0 Å². The van der Waals surface area contributed by atoms with Crippen LogP contribution < -0.4 is 5.73 Å². The second-order valence-electron chi connectivity index (χ2n) is 1.69. The van der Waals surface area contributed by atoms with Crippen molar-refractivity contribution in [3.63, 3.8) is 0 Å². The van der Waals surface area contributed by atoms with Crippen LogP contribution in [0.2, 0.25) is 0 Å². The number of carbonyl (C=O) groups excluding carboxylic acids is 1. The van der Waals surface area contributed by atoms with Crippen molar-refractivity contribution in [1.29, 1.82) is 0 Å². The number of aliphatic imine (C=N–C) groups is 1. The molecule has 0 aromatic heterocycles. The summed E-state index contributed by atoms with van der Waals surface area (Å²) >= 11 is 0. The Hall–Kier alpha value is -1.38. The highest BCUT2D eigenvalue weighted by atomic mass is 16.1. The topological polar surface area (TPSA) is 55.5 Å². The summed E-state index contributed by atoms with van der Waals surface area (Å²) in [7, 11) is 0. The monoisotopic (exact) mass is 138 g/mol. The normalized spacial score (nSPS) is 10.6. The minimum atomic E-state index is -0.416. The van der Waals surface area contributed by atoms with Crippen molar-refractivity contribution < 1.29 is 4.79 Å². The first kappa shape index (κ1) is 8.62. The van der Waals surface area contributed by atoms with E-state index in [0.717, 1.165) is 0 Å². The zero-order valence-electron chi connectivity index (χ0n) is 5.71. The van der Waals surface area contributed by atoms with Gasteiger partial charge < -0.3 is 5.73 Å². The van der Waals surface area contributed by atoms with Gasteiger partial charge in [-0.1, -0.05) is 12.7 Å². The lowest BCUT2D eigenvalue weighted by atomic mass is 10.3. The zero-order chi connectivity index (χ0) is 7.98. The Labute approximate surface area is 59.9 Å². The van der Waals surface area contributed by atoms with E-state index in [2.05, 4.69) is 18.3 Å². The fourth-order valence-electron chi connectivity index (χ4n) is 0.482. The fourth-order valence-corrected chi connectivity index (χ4v) is 0.482. The van der Waals surface area contributed by atoms with Gasteiger partial charge in [0.25, 0.3) is 0 Å². The molecule has 54 valence electrons. The molecule has 0 unspecified atom stereocenters. The molecule has 0 bridgehead atoms. The maximum absolute atomic E-state index is 10.3. The summed E-state index contributed by atoms with van der Waals surface area (Å²) in [4.78, 5) is 13.9. The van der Waals surface area contributed by atoms with Crippen LogP contribution >= 0.6 is 0 Å². The van der Waals surface area contributed by atoms with Gasteiger partial charge in [0, 0.05) is 5.70 Å². The third kappa shape index (κ3) is 3.60. The van der Waals surface area contributed by atoms with Gasteiger partial charge >= 0.3 is 0 Å². The maximum atomic E-state index is 10.3. The third-order valence-electron chi connectivity index (χ3n) is 0.869. The molecule has 0 aliphatic rings. The SMILES string of the molecule is C=C/C=C(/CC(N)=O)N=C. The minimum Gasteiger partial charge on any atom is -0.369 e. The van der Waals surface area contributed by atoms with Gasteiger partial charge in [0.05, 0.1) is 6.42 Å². The quantitative estimate of drug-likeness (QED) is 0.449. The highest BCUT2D eigenvalue weighted by Gasteiger charge is 1.96. The molecule has 3 nitrogen and oxygen atoms in total. The number of nitrogens with two attached hydrogens (primary N) is 1. The lowest BCUT2D eigenvalue weighted by molar-refractivity contribution is -0.117. The predicted octanol–water partition coefficient (Wildman–Crippen LogP) is 0.632. The fraction of sp³-hybridized carbons (Fsp3) is 0.143. The molecule has 1 amide bonds. The highest BCUT2D eigenvalue weighted by molar-refractivity contribution is 5.76. The number of rotatable bonds is 4. The number of allylic oxidation sites excluding steroid dienone is 2. The largest absolute Gasteiger partial charge is 0.369 e. The van der Waals surface area contributed by atoms with Gasteiger partial charge in [-0.25, -0.2) is 0 Å². The van der Waals surface area contributed by atoms with E-state index in [1.807, 2.05) is 0 Å². The second-order valence-corrected chi connectivity index (χ2v) is 1.69. The van der Waals surface area contributed by atoms with Crippen LogP contribution in [0.15, 0.2) is 29.4 Å². The summed E-state index contributed by atoms with van der Waals surface area (Å²) in [6.45, 7) is 6.70. The van der Waals surface area contributed by atoms with Crippen LogP contribution in [-0.2, 0) is 4.79 Å². The molecule has 0 rings (SSSR count). The van der Waals surface area contributed by atoms with Gasteiger partial charge in [0.1, 0.15) is 0 Å². The lowest BCUT2D eigenvalue weighted by Gasteiger charge is -1.92. The summed E-state index contributed by atoms with van der Waals surface area (Å²) in [5.74, 6) is -0.416. The molecule has 0 saturated carbocycles. The number of amides is 1. The molecule has 3 heteroatoms. The Kier molecular flexibility index (Phi) is 3.87. The molecule has 0 spiro atoms. The molecule has 10 heavy (non-hydrogen) atoms. The molecule has 0 aliphatic carbocycles. The second kappa shape index (κ2) is 4.49. The molecule has 0 fully saturated rings. The standard InChI is InChI=1S/C7H10N2O/c1-3-4-6(9-2)5-7(8)10/h3-4H,1-2,5H2,(H2,8,10)/b6-4-. The number of hydrogen-bond acceptors (Lipinski definition) is 2. The first-order valence-corrected chi connectivity index (χ1v) is 2.77. The Morgan fingerprint density at radius 3 is 2.60 bits per heavy atom. The average Bonchev–Trinajstić information content (AvgIpc) is 1.86. The van der Waals surface area contributed by atoms with Crippen LogP contribution in [0.5, 0.6) is 0 Å². The minimum absolute atomic E-state index is 0.121. The molecule has 0 saturated heterocycles. The Morgan fingerprint density at radius 1 is 1.70 bits per heavy atom. The number of hydrogen-bond donors (Lipinski definition) is 1. The van der Waals surface area contributed by atoms with Gasteiger partial charge in [-0.3, -0.25) is 9.79 Å². The zero-order valence-corrected chi connectivity index (χ0v) is 5.71. The molecule has 0 radical (unpaired) electrons. The van der Waals surface area contributed by atoms with Crippen LogP contribution in [0.25, 0.3) is 0 Å². The van der Waals surface area contributed by atoms with Gasteiger partial charge in [0.15, 0.2) is 0 Å². The van der Waals surface area contributed by atoms with Crippen molar-refractivity contribution >= 4 is 12.6 Å². The Morgan fingerprint density at radius 2 is 2.30 bits per heavy atom. The highest BCUT2D eigenvalue weighted by Crippen LogP contribution is 2.00. The van der Waals surface area contributed by atoms with E-state index in [4.69, 9.17) is 5.73 Å². The van der Waals surface area contributed by atoms with Crippen LogP contribution in [0.3, 0.4) is 0 Å². The van der Waals surface area contributed by atoms with Crippen LogP contribution in [-0.4, -0.2) is 12.6 Å². The molecular weight excluding hydrogens is 128 g/mol. The summed E-state index contributed by atoms with van der Waals surface area (Å²) in [6.07, 6.45) is 3.25. The van der Waals surface area contributed by atoms with Crippen LogP contribution in [0.4, 0.5) is 0 Å². The van der Waals surface area contributed by atoms with E-state index in [1.54, 1.807) is 6.08 Å². The van der Waals surface area contributed by atoms with Crippen molar-refractivity contribution in [3.8, 4) is 0 Å². The summed E-state index contributed by atoms with van der Waals surface area (Å²) in [6, 6.07) is 0. The van der Waals surface area contributed by atoms with E-state index in [-0.39, 0.29) is 6.42 Å². The first-order valence-electron chi connectivity index (χ1n) is 2.77. The molecule has 0 heterocycles. The molecule has 0 atom stereocenters. The van der Waals surface area contributed by atoms with Crippen molar-refractivity contribution in [2.45, 2.75) is 6.42 Å². The van der Waals surface area contributed by atoms with E-state index < -0.39 is 5.91 Å². The number of carbonyl (C=O) groups is 1. The predicted molar refractivity (Wildman–Crippen MR) is 41.6 cm³/mol. The maximum Gasteiger partial charge on any atom is 0.223 e. The van der Waals surface area contributed by atoms with Crippen molar-refractivity contribution in [1.82, 2.24) is 0 Å². The molecule has 0 aliphatic heterocycles. The first-order chi connectivity index (χ1) is 4.70. The van der Waals surface area contributed by atoms with Gasteiger partial charge in [-0.05, 0) is 12.8 Å². The summed E-state index contributed by atoms with van der Waals surface area (Å²) < 4.78 is 0. The van der Waals surface area contributed by atoms with Crippen molar-refractivity contribution in [2.75, 3.05) is 0 Å². The summed E-state index contributed by atoms with van der Waals surface area (Å²) in [5, 5.41) is 0. The summed E-state index contributed by atoms with van der Waals surface area (Å²) in [5.41, 5.74) is 5.44. The number of primary amides is 1. The smallest absolute Gasteiger partial charge is 0.223 e. The average molecular weight is 138 g/mol. The van der Waals surface area contributed by atoms with E-state index in [1.165, 1.54) is 6.08 Å². The third-order valence-corrected chi connectivity index (χ3v) is 0.869. The lowest BCUT2D eigenvalue weighted by Crippen LogP contribution is -2.10. The van der Waals surface area contributed by atoms with E-state index in [9.17, 15) is 4.79 Å². The van der Waals surface area contributed by atoms with Gasteiger partial charge in [-0.2, -0.15) is 0 Å². The molecule has 0 aromatic carbocycles. The Balaban J connectivity index is 4.08. The molecule has 0 aromatic rings.